The highest BCUT2D eigenvalue weighted by atomic mass is 35.5. The zero-order valence-corrected chi connectivity index (χ0v) is 7.52. The molecule has 62 valence electrons. The Morgan fingerprint density at radius 3 is 3.08 bits per heavy atom. The van der Waals surface area contributed by atoms with Crippen LogP contribution >= 0.6 is 23.2 Å². The van der Waals surface area contributed by atoms with Crippen LogP contribution in [0.15, 0.2) is 12.3 Å². The van der Waals surface area contributed by atoms with E-state index < -0.39 is 0 Å². The Kier molecular flexibility index (Phi) is 1.90. The first kappa shape index (κ1) is 7.83. The fraction of sp³-hybridized carbons (Fsp3) is 0.143. The highest BCUT2D eigenvalue weighted by molar-refractivity contribution is 6.30. The third-order valence-corrected chi connectivity index (χ3v) is 2.10. The third kappa shape index (κ3) is 1.15. The molecule has 0 saturated carbocycles. The predicted molar refractivity (Wildman–Crippen MR) is 48.5 cm³/mol. The van der Waals surface area contributed by atoms with E-state index in [2.05, 4.69) is 15.2 Å². The SMILES string of the molecule is ClCc1cc(Cl)nc2[nH]ncc12. The molecule has 0 aliphatic rings. The van der Waals surface area contributed by atoms with Crippen molar-refractivity contribution in [3.05, 3.63) is 23.0 Å². The molecule has 0 spiro atoms. The van der Waals surface area contributed by atoms with E-state index in [1.54, 1.807) is 12.3 Å². The standard InChI is InChI=1S/C7H5Cl2N3/c8-2-4-1-6(9)11-7-5(4)3-10-12-7/h1,3H,2H2,(H,10,11,12). The molecule has 0 aliphatic carbocycles. The van der Waals surface area contributed by atoms with Crippen LogP contribution in [0, 0.1) is 0 Å². The number of rotatable bonds is 1. The van der Waals surface area contributed by atoms with E-state index in [0.29, 0.717) is 16.7 Å². The summed E-state index contributed by atoms with van der Waals surface area (Å²) < 4.78 is 0. The molecule has 0 unspecified atom stereocenters. The summed E-state index contributed by atoms with van der Waals surface area (Å²) in [6, 6.07) is 1.74. The molecule has 1 N–H and O–H groups in total. The fourth-order valence-electron chi connectivity index (χ4n) is 1.07. The number of H-pyrrole nitrogens is 1. The molecule has 0 amide bonds. The van der Waals surface area contributed by atoms with Crippen molar-refractivity contribution in [1.82, 2.24) is 15.2 Å². The topological polar surface area (TPSA) is 41.6 Å². The van der Waals surface area contributed by atoms with Gasteiger partial charge in [-0.3, -0.25) is 5.10 Å². The van der Waals surface area contributed by atoms with E-state index in [0.717, 1.165) is 10.9 Å². The van der Waals surface area contributed by atoms with Gasteiger partial charge in [-0.2, -0.15) is 5.10 Å². The van der Waals surface area contributed by atoms with Gasteiger partial charge in [0.25, 0.3) is 0 Å². The van der Waals surface area contributed by atoms with Crippen LogP contribution in [-0.4, -0.2) is 15.2 Å². The highest BCUT2D eigenvalue weighted by Gasteiger charge is 2.04. The number of alkyl halides is 1. The van der Waals surface area contributed by atoms with E-state index in [9.17, 15) is 0 Å². The van der Waals surface area contributed by atoms with Crippen molar-refractivity contribution >= 4 is 34.2 Å². The second kappa shape index (κ2) is 2.92. The van der Waals surface area contributed by atoms with Crippen molar-refractivity contribution in [3.63, 3.8) is 0 Å². The molecule has 3 nitrogen and oxygen atoms in total. The molecule has 2 rings (SSSR count). The molecule has 0 aromatic carbocycles. The summed E-state index contributed by atoms with van der Waals surface area (Å²) in [5, 5.41) is 7.94. The maximum atomic E-state index is 5.74. The van der Waals surface area contributed by atoms with Gasteiger partial charge in [0.05, 0.1) is 6.20 Å². The van der Waals surface area contributed by atoms with Gasteiger partial charge in [0.15, 0.2) is 5.65 Å². The molecule has 12 heavy (non-hydrogen) atoms. The number of hydrogen-bond acceptors (Lipinski definition) is 2. The third-order valence-electron chi connectivity index (χ3n) is 1.62. The number of fused-ring (bicyclic) bond motifs is 1. The lowest BCUT2D eigenvalue weighted by Crippen LogP contribution is -1.84. The van der Waals surface area contributed by atoms with E-state index in [1.165, 1.54) is 0 Å². The fourth-order valence-corrected chi connectivity index (χ4v) is 1.51. The molecule has 0 saturated heterocycles. The van der Waals surface area contributed by atoms with Gasteiger partial charge in [0.2, 0.25) is 0 Å². The Morgan fingerprint density at radius 2 is 2.33 bits per heavy atom. The van der Waals surface area contributed by atoms with Gasteiger partial charge in [0, 0.05) is 11.3 Å². The summed E-state index contributed by atoms with van der Waals surface area (Å²) in [6.45, 7) is 0. The summed E-state index contributed by atoms with van der Waals surface area (Å²) in [5.74, 6) is 0.415. The molecule has 2 heterocycles. The average molecular weight is 202 g/mol. The Bertz CT molecular complexity index is 410. The lowest BCUT2D eigenvalue weighted by atomic mass is 10.2. The van der Waals surface area contributed by atoms with Gasteiger partial charge >= 0.3 is 0 Å². The molecule has 5 heteroatoms. The number of halogens is 2. The van der Waals surface area contributed by atoms with Crippen molar-refractivity contribution in [3.8, 4) is 0 Å². The second-order valence-corrected chi connectivity index (χ2v) is 3.02. The molecular weight excluding hydrogens is 197 g/mol. The van der Waals surface area contributed by atoms with Crippen molar-refractivity contribution in [2.75, 3.05) is 0 Å². The Morgan fingerprint density at radius 1 is 1.50 bits per heavy atom. The van der Waals surface area contributed by atoms with Gasteiger partial charge in [0.1, 0.15) is 5.15 Å². The first-order valence-electron chi connectivity index (χ1n) is 3.35. The van der Waals surface area contributed by atoms with Gasteiger partial charge < -0.3 is 0 Å². The minimum Gasteiger partial charge on any atom is -0.261 e. The molecular formula is C7H5Cl2N3. The van der Waals surface area contributed by atoms with E-state index in [4.69, 9.17) is 23.2 Å². The maximum Gasteiger partial charge on any atom is 0.157 e. The van der Waals surface area contributed by atoms with Gasteiger partial charge in [-0.15, -0.1) is 11.6 Å². The molecule has 0 radical (unpaired) electrons. The predicted octanol–water partition coefficient (Wildman–Crippen LogP) is 2.35. The van der Waals surface area contributed by atoms with Crippen LogP contribution in [0.4, 0.5) is 0 Å². The average Bonchev–Trinajstić information content (AvgIpc) is 2.50. The highest BCUT2D eigenvalue weighted by Crippen LogP contribution is 2.19. The lowest BCUT2D eigenvalue weighted by Gasteiger charge is -1.96. The summed E-state index contributed by atoms with van der Waals surface area (Å²) in [5.41, 5.74) is 1.62. The monoisotopic (exact) mass is 201 g/mol. The van der Waals surface area contributed by atoms with Crippen LogP contribution < -0.4 is 0 Å². The molecule has 0 fully saturated rings. The Labute approximate surface area is 78.7 Å². The number of aromatic nitrogens is 3. The molecule has 0 bridgehead atoms. The second-order valence-electron chi connectivity index (χ2n) is 2.37. The quantitative estimate of drug-likeness (QED) is 0.569. The van der Waals surface area contributed by atoms with Crippen molar-refractivity contribution in [2.24, 2.45) is 0 Å². The zero-order chi connectivity index (χ0) is 8.55. The van der Waals surface area contributed by atoms with Crippen LogP contribution in [0.5, 0.6) is 0 Å². The molecule has 0 aliphatic heterocycles. The number of pyridine rings is 1. The van der Waals surface area contributed by atoms with Crippen LogP contribution in [0.2, 0.25) is 5.15 Å². The van der Waals surface area contributed by atoms with E-state index in [1.807, 2.05) is 0 Å². The number of nitrogens with one attached hydrogen (secondary N) is 1. The first-order chi connectivity index (χ1) is 5.81. The van der Waals surface area contributed by atoms with Crippen molar-refractivity contribution in [1.29, 1.82) is 0 Å². The van der Waals surface area contributed by atoms with Crippen LogP contribution in [0.1, 0.15) is 5.56 Å². The van der Waals surface area contributed by atoms with Crippen LogP contribution in [-0.2, 0) is 5.88 Å². The number of nitrogens with zero attached hydrogens (tertiary/aromatic N) is 2. The van der Waals surface area contributed by atoms with Crippen molar-refractivity contribution in [2.45, 2.75) is 5.88 Å². The minimum atomic E-state index is 0.415. The van der Waals surface area contributed by atoms with Crippen LogP contribution in [0.3, 0.4) is 0 Å². The molecule has 2 aromatic heterocycles. The normalized spacial score (nSPS) is 10.8. The van der Waals surface area contributed by atoms with Gasteiger partial charge in [-0.1, -0.05) is 11.6 Å². The molecule has 2 aromatic rings. The maximum absolute atomic E-state index is 5.74. The van der Waals surface area contributed by atoms with E-state index >= 15 is 0 Å². The summed E-state index contributed by atoms with van der Waals surface area (Å²) in [6.07, 6.45) is 1.69. The summed E-state index contributed by atoms with van der Waals surface area (Å²) >= 11 is 11.4. The Balaban J connectivity index is 2.80. The smallest absolute Gasteiger partial charge is 0.157 e. The largest absolute Gasteiger partial charge is 0.261 e. The molecule has 0 atom stereocenters. The lowest BCUT2D eigenvalue weighted by molar-refractivity contribution is 1.10. The first-order valence-corrected chi connectivity index (χ1v) is 4.27. The van der Waals surface area contributed by atoms with Crippen LogP contribution in [0.25, 0.3) is 11.0 Å². The zero-order valence-electron chi connectivity index (χ0n) is 6.01. The number of aromatic amines is 1. The number of hydrogen-bond donors (Lipinski definition) is 1. The Hall–Kier alpha value is -0.800. The van der Waals surface area contributed by atoms with Gasteiger partial charge in [-0.25, -0.2) is 4.98 Å². The van der Waals surface area contributed by atoms with Crippen molar-refractivity contribution < 1.29 is 0 Å². The van der Waals surface area contributed by atoms with Gasteiger partial charge in [-0.05, 0) is 11.6 Å². The summed E-state index contributed by atoms with van der Waals surface area (Å²) in [4.78, 5) is 4.03. The summed E-state index contributed by atoms with van der Waals surface area (Å²) in [7, 11) is 0. The minimum absolute atomic E-state index is 0.415. The van der Waals surface area contributed by atoms with E-state index in [-0.39, 0.29) is 0 Å².